The first-order valence-electron chi connectivity index (χ1n) is 8.77. The molecule has 0 heterocycles. The van der Waals surface area contributed by atoms with Crippen LogP contribution in [0.25, 0.3) is 0 Å². The normalized spacial score (nSPS) is 10.1. The minimum atomic E-state index is -0.152. The SMILES string of the molecule is CCCOc1cccc(NC(=O)CNc2ccc(NC(=O)CC)cc2)c1. The van der Waals surface area contributed by atoms with Crippen molar-refractivity contribution in [2.24, 2.45) is 0 Å². The second-order valence-electron chi connectivity index (χ2n) is 5.76. The average Bonchev–Trinajstić information content (AvgIpc) is 2.66. The standard InChI is InChI=1S/C20H25N3O3/c1-3-12-26-18-7-5-6-17(13-18)23-20(25)14-21-15-8-10-16(11-9-15)22-19(24)4-2/h5-11,13,21H,3-4,12,14H2,1-2H3,(H,22,24)(H,23,25). The van der Waals surface area contributed by atoms with Crippen molar-refractivity contribution in [3.63, 3.8) is 0 Å². The number of carbonyl (C=O) groups excluding carboxylic acids is 2. The van der Waals surface area contributed by atoms with E-state index >= 15 is 0 Å². The van der Waals surface area contributed by atoms with Gasteiger partial charge in [0, 0.05) is 29.5 Å². The highest BCUT2D eigenvalue weighted by Crippen LogP contribution is 2.18. The molecule has 0 radical (unpaired) electrons. The van der Waals surface area contributed by atoms with Crippen LogP contribution in [0, 0.1) is 0 Å². The Kier molecular flexibility index (Phi) is 7.49. The van der Waals surface area contributed by atoms with Crippen LogP contribution in [0.2, 0.25) is 0 Å². The minimum absolute atomic E-state index is 0.0322. The molecule has 2 rings (SSSR count). The van der Waals surface area contributed by atoms with Crippen LogP contribution in [0.1, 0.15) is 26.7 Å². The van der Waals surface area contributed by atoms with Crippen LogP contribution in [0.4, 0.5) is 17.1 Å². The van der Waals surface area contributed by atoms with E-state index in [-0.39, 0.29) is 18.4 Å². The van der Waals surface area contributed by atoms with Crippen molar-refractivity contribution in [3.05, 3.63) is 48.5 Å². The summed E-state index contributed by atoms with van der Waals surface area (Å²) in [7, 11) is 0. The third-order valence-electron chi connectivity index (χ3n) is 3.53. The van der Waals surface area contributed by atoms with E-state index in [9.17, 15) is 9.59 Å². The molecule has 0 fully saturated rings. The fourth-order valence-electron chi connectivity index (χ4n) is 2.19. The molecule has 3 N–H and O–H groups in total. The smallest absolute Gasteiger partial charge is 0.243 e. The average molecular weight is 355 g/mol. The Morgan fingerprint density at radius 3 is 2.27 bits per heavy atom. The Labute approximate surface area is 153 Å². The first kappa shape index (κ1) is 19.3. The first-order chi connectivity index (χ1) is 12.6. The lowest BCUT2D eigenvalue weighted by Crippen LogP contribution is -2.21. The third-order valence-corrected chi connectivity index (χ3v) is 3.53. The number of nitrogens with one attached hydrogen (secondary N) is 3. The van der Waals surface area contributed by atoms with Gasteiger partial charge in [-0.2, -0.15) is 0 Å². The zero-order valence-corrected chi connectivity index (χ0v) is 15.2. The summed E-state index contributed by atoms with van der Waals surface area (Å²) in [6, 6.07) is 14.6. The Morgan fingerprint density at radius 1 is 0.885 bits per heavy atom. The van der Waals surface area contributed by atoms with Crippen LogP contribution >= 0.6 is 0 Å². The van der Waals surface area contributed by atoms with E-state index in [0.29, 0.717) is 18.7 Å². The molecule has 0 bridgehead atoms. The predicted octanol–water partition coefficient (Wildman–Crippen LogP) is 3.87. The van der Waals surface area contributed by atoms with Crippen molar-refractivity contribution in [1.29, 1.82) is 0 Å². The number of ether oxygens (including phenoxy) is 1. The van der Waals surface area contributed by atoms with Crippen molar-refractivity contribution >= 4 is 28.9 Å². The number of anilines is 3. The van der Waals surface area contributed by atoms with Gasteiger partial charge in [0.05, 0.1) is 13.2 Å². The van der Waals surface area contributed by atoms with Crippen LogP contribution in [0.15, 0.2) is 48.5 Å². The largest absolute Gasteiger partial charge is 0.494 e. The van der Waals surface area contributed by atoms with E-state index in [1.165, 1.54) is 0 Å². The van der Waals surface area contributed by atoms with E-state index in [1.54, 1.807) is 25.1 Å². The van der Waals surface area contributed by atoms with E-state index in [4.69, 9.17) is 4.74 Å². The van der Waals surface area contributed by atoms with Crippen LogP contribution in [-0.2, 0) is 9.59 Å². The third kappa shape index (κ3) is 6.47. The molecule has 2 aromatic rings. The summed E-state index contributed by atoms with van der Waals surface area (Å²) in [5.41, 5.74) is 2.23. The molecule has 2 amide bonds. The molecule has 0 aliphatic heterocycles. The zero-order chi connectivity index (χ0) is 18.8. The van der Waals surface area contributed by atoms with Gasteiger partial charge in [-0.05, 0) is 42.8 Å². The Morgan fingerprint density at radius 2 is 1.58 bits per heavy atom. The summed E-state index contributed by atoms with van der Waals surface area (Å²) in [5, 5.41) is 8.67. The zero-order valence-electron chi connectivity index (χ0n) is 15.2. The molecular formula is C20H25N3O3. The number of hydrogen-bond donors (Lipinski definition) is 3. The molecule has 0 aliphatic rings. The molecule has 138 valence electrons. The molecule has 0 spiro atoms. The molecule has 2 aromatic carbocycles. The van der Waals surface area contributed by atoms with Gasteiger partial charge in [-0.15, -0.1) is 0 Å². The number of rotatable bonds is 9. The predicted molar refractivity (Wildman–Crippen MR) is 105 cm³/mol. The molecule has 0 aromatic heterocycles. The van der Waals surface area contributed by atoms with Gasteiger partial charge in [0.1, 0.15) is 5.75 Å². The highest BCUT2D eigenvalue weighted by Gasteiger charge is 2.04. The Hall–Kier alpha value is -3.02. The Bertz CT molecular complexity index is 729. The fourth-order valence-corrected chi connectivity index (χ4v) is 2.19. The van der Waals surface area contributed by atoms with E-state index < -0.39 is 0 Å². The highest BCUT2D eigenvalue weighted by atomic mass is 16.5. The van der Waals surface area contributed by atoms with Gasteiger partial charge in [-0.3, -0.25) is 9.59 Å². The van der Waals surface area contributed by atoms with E-state index in [1.807, 2.05) is 37.3 Å². The van der Waals surface area contributed by atoms with Gasteiger partial charge in [0.2, 0.25) is 11.8 Å². The van der Waals surface area contributed by atoms with E-state index in [2.05, 4.69) is 16.0 Å². The summed E-state index contributed by atoms with van der Waals surface area (Å²) in [4.78, 5) is 23.4. The van der Waals surface area contributed by atoms with Crippen LogP contribution in [-0.4, -0.2) is 25.0 Å². The number of amides is 2. The minimum Gasteiger partial charge on any atom is -0.494 e. The molecular weight excluding hydrogens is 330 g/mol. The highest BCUT2D eigenvalue weighted by molar-refractivity contribution is 5.94. The molecule has 0 unspecified atom stereocenters. The van der Waals surface area contributed by atoms with Crippen LogP contribution in [0.5, 0.6) is 5.75 Å². The molecule has 0 atom stereocenters. The number of benzene rings is 2. The summed E-state index contributed by atoms with van der Waals surface area (Å²) in [6.07, 6.45) is 1.37. The molecule has 0 saturated carbocycles. The van der Waals surface area contributed by atoms with Gasteiger partial charge in [-0.1, -0.05) is 19.9 Å². The van der Waals surface area contributed by atoms with Crippen molar-refractivity contribution in [2.45, 2.75) is 26.7 Å². The van der Waals surface area contributed by atoms with Gasteiger partial charge >= 0.3 is 0 Å². The van der Waals surface area contributed by atoms with Crippen molar-refractivity contribution in [3.8, 4) is 5.75 Å². The fraction of sp³-hybridized carbons (Fsp3) is 0.300. The van der Waals surface area contributed by atoms with Gasteiger partial charge in [0.25, 0.3) is 0 Å². The lowest BCUT2D eigenvalue weighted by atomic mass is 10.2. The summed E-state index contributed by atoms with van der Waals surface area (Å²) >= 11 is 0. The summed E-state index contributed by atoms with van der Waals surface area (Å²) < 4.78 is 5.56. The topological polar surface area (TPSA) is 79.5 Å². The van der Waals surface area contributed by atoms with Crippen molar-refractivity contribution in [1.82, 2.24) is 0 Å². The molecule has 6 nitrogen and oxygen atoms in total. The lowest BCUT2D eigenvalue weighted by molar-refractivity contribution is -0.116. The summed E-state index contributed by atoms with van der Waals surface area (Å²) in [6.45, 7) is 4.63. The van der Waals surface area contributed by atoms with Gasteiger partial charge < -0.3 is 20.7 Å². The monoisotopic (exact) mass is 355 g/mol. The maximum Gasteiger partial charge on any atom is 0.243 e. The van der Waals surface area contributed by atoms with Crippen LogP contribution in [0.3, 0.4) is 0 Å². The van der Waals surface area contributed by atoms with E-state index in [0.717, 1.165) is 23.5 Å². The quantitative estimate of drug-likeness (QED) is 0.638. The molecule has 6 heteroatoms. The lowest BCUT2D eigenvalue weighted by Gasteiger charge is -2.10. The summed E-state index contributed by atoms with van der Waals surface area (Å²) in [5.74, 6) is 0.554. The number of hydrogen-bond acceptors (Lipinski definition) is 4. The second kappa shape index (κ2) is 10.1. The Balaban J connectivity index is 1.82. The second-order valence-corrected chi connectivity index (χ2v) is 5.76. The molecule has 0 saturated heterocycles. The molecule has 0 aliphatic carbocycles. The maximum absolute atomic E-state index is 12.1. The number of carbonyl (C=O) groups is 2. The maximum atomic E-state index is 12.1. The first-order valence-corrected chi connectivity index (χ1v) is 8.77. The van der Waals surface area contributed by atoms with Crippen LogP contribution < -0.4 is 20.7 Å². The van der Waals surface area contributed by atoms with Gasteiger partial charge in [-0.25, -0.2) is 0 Å². The van der Waals surface area contributed by atoms with Crippen molar-refractivity contribution in [2.75, 3.05) is 29.1 Å². The van der Waals surface area contributed by atoms with Crippen molar-refractivity contribution < 1.29 is 14.3 Å². The van der Waals surface area contributed by atoms with Gasteiger partial charge in [0.15, 0.2) is 0 Å². The molecule has 26 heavy (non-hydrogen) atoms.